The molecule has 0 radical (unpaired) electrons. The van der Waals surface area contributed by atoms with E-state index in [2.05, 4.69) is 21.0 Å². The van der Waals surface area contributed by atoms with Crippen molar-refractivity contribution in [2.45, 2.75) is 37.4 Å². The van der Waals surface area contributed by atoms with Gasteiger partial charge in [0, 0.05) is 11.1 Å². The third-order valence-corrected chi connectivity index (χ3v) is 5.45. The number of aryl methyl sites for hydroxylation is 2. The lowest BCUT2D eigenvalue weighted by atomic mass is 9.94. The summed E-state index contributed by atoms with van der Waals surface area (Å²) in [6, 6.07) is 2.51. The van der Waals surface area contributed by atoms with Gasteiger partial charge < -0.3 is 9.67 Å². The van der Waals surface area contributed by atoms with Crippen molar-refractivity contribution in [1.82, 2.24) is 9.55 Å². The van der Waals surface area contributed by atoms with E-state index in [1.807, 2.05) is 24.5 Å². The van der Waals surface area contributed by atoms with Crippen molar-refractivity contribution in [2.24, 2.45) is 0 Å². The number of fused-ring (bicyclic) bond motifs is 1. The van der Waals surface area contributed by atoms with Gasteiger partial charge >= 0.3 is 5.97 Å². The van der Waals surface area contributed by atoms with Crippen molar-refractivity contribution in [3.05, 3.63) is 33.8 Å². The summed E-state index contributed by atoms with van der Waals surface area (Å²) in [7, 11) is 0. The molecular formula is C14H16N2O2S2. The van der Waals surface area contributed by atoms with Gasteiger partial charge in [0.1, 0.15) is 0 Å². The first kappa shape index (κ1) is 13.7. The van der Waals surface area contributed by atoms with Gasteiger partial charge in [0.15, 0.2) is 5.16 Å². The van der Waals surface area contributed by atoms with E-state index in [-0.39, 0.29) is 5.75 Å². The summed E-state index contributed by atoms with van der Waals surface area (Å²) in [4.78, 5) is 16.7. The lowest BCUT2D eigenvalue weighted by molar-refractivity contribution is -0.133. The fraction of sp³-hybridized carbons (Fsp3) is 0.429. The van der Waals surface area contributed by atoms with E-state index in [1.54, 1.807) is 0 Å². The number of hydrogen-bond acceptors (Lipinski definition) is 4. The number of aliphatic carboxylic acids is 1. The molecule has 0 aromatic carbocycles. The number of thiophene rings is 1. The van der Waals surface area contributed by atoms with Crippen LogP contribution in [-0.4, -0.2) is 26.4 Å². The van der Waals surface area contributed by atoms with Crippen molar-refractivity contribution in [3.8, 4) is 0 Å². The summed E-state index contributed by atoms with van der Waals surface area (Å²) >= 11 is 3.12. The second-order valence-corrected chi connectivity index (χ2v) is 6.90. The van der Waals surface area contributed by atoms with E-state index in [4.69, 9.17) is 5.11 Å². The molecule has 1 aliphatic carbocycles. The topological polar surface area (TPSA) is 55.1 Å². The molecule has 0 saturated heterocycles. The van der Waals surface area contributed by atoms with E-state index in [1.165, 1.54) is 28.6 Å². The predicted octanol–water partition coefficient (Wildman–Crippen LogP) is 3.36. The summed E-state index contributed by atoms with van der Waals surface area (Å²) in [5.41, 5.74) is 2.33. The third kappa shape index (κ3) is 2.62. The summed E-state index contributed by atoms with van der Waals surface area (Å²) in [6.07, 6.45) is 5.48. The van der Waals surface area contributed by atoms with Crippen LogP contribution in [0.1, 0.15) is 35.0 Å². The third-order valence-electron chi connectivity index (χ3n) is 3.50. The van der Waals surface area contributed by atoms with Crippen molar-refractivity contribution in [1.29, 1.82) is 0 Å². The Bertz CT molecular complexity index is 633. The molecule has 0 amide bonds. The molecule has 1 N–H and O–H groups in total. The molecule has 2 aromatic rings. The molecule has 0 aliphatic heterocycles. The molecule has 3 rings (SSSR count). The Morgan fingerprint density at radius 2 is 2.50 bits per heavy atom. The summed E-state index contributed by atoms with van der Waals surface area (Å²) < 4.78 is 2.16. The van der Waals surface area contributed by atoms with E-state index in [0.29, 0.717) is 6.04 Å². The van der Waals surface area contributed by atoms with E-state index < -0.39 is 5.97 Å². The summed E-state index contributed by atoms with van der Waals surface area (Å²) in [5.74, 6) is -0.748. The molecule has 0 bridgehead atoms. The number of carboxylic acid groups (broad SMARTS) is 1. The van der Waals surface area contributed by atoms with Crippen LogP contribution >= 0.6 is 23.1 Å². The van der Waals surface area contributed by atoms with Crippen LogP contribution in [0.2, 0.25) is 0 Å². The predicted molar refractivity (Wildman–Crippen MR) is 80.7 cm³/mol. The first-order valence-electron chi connectivity index (χ1n) is 6.61. The molecule has 2 heterocycles. The van der Waals surface area contributed by atoms with Crippen molar-refractivity contribution in [2.75, 3.05) is 5.75 Å². The number of carbonyl (C=O) groups is 1. The van der Waals surface area contributed by atoms with Crippen LogP contribution in [0, 0.1) is 6.92 Å². The van der Waals surface area contributed by atoms with Gasteiger partial charge in [-0.3, -0.25) is 4.79 Å². The molecule has 1 unspecified atom stereocenters. The van der Waals surface area contributed by atoms with Gasteiger partial charge in [-0.25, -0.2) is 4.98 Å². The molecule has 0 saturated carbocycles. The quantitative estimate of drug-likeness (QED) is 0.880. The zero-order chi connectivity index (χ0) is 14.1. The van der Waals surface area contributed by atoms with E-state index >= 15 is 0 Å². The molecule has 4 nitrogen and oxygen atoms in total. The number of rotatable bonds is 4. The molecular weight excluding hydrogens is 292 g/mol. The number of thioether (sulfide) groups is 1. The second kappa shape index (κ2) is 5.61. The van der Waals surface area contributed by atoms with Crippen LogP contribution in [0.15, 0.2) is 22.8 Å². The average Bonchev–Trinajstić information content (AvgIpc) is 3.01. The maximum atomic E-state index is 10.8. The molecule has 2 aromatic heterocycles. The number of carboxylic acids is 1. The Morgan fingerprint density at radius 1 is 1.65 bits per heavy atom. The van der Waals surface area contributed by atoms with Crippen molar-refractivity contribution >= 4 is 29.1 Å². The normalized spacial score (nSPS) is 17.9. The van der Waals surface area contributed by atoms with Gasteiger partial charge in [0.05, 0.1) is 17.5 Å². The highest BCUT2D eigenvalue weighted by Gasteiger charge is 2.25. The zero-order valence-electron chi connectivity index (χ0n) is 11.2. The van der Waals surface area contributed by atoms with Crippen LogP contribution in [0.25, 0.3) is 0 Å². The SMILES string of the molecule is Cc1cn(C2CCCc3sccc32)c(SCC(=O)O)n1. The molecule has 106 valence electrons. The molecule has 0 fully saturated rings. The highest BCUT2D eigenvalue weighted by Crippen LogP contribution is 2.38. The maximum Gasteiger partial charge on any atom is 0.313 e. The Labute approximate surface area is 125 Å². The van der Waals surface area contributed by atoms with Crippen LogP contribution in [0.5, 0.6) is 0 Å². The summed E-state index contributed by atoms with van der Waals surface area (Å²) in [6.45, 7) is 1.96. The lowest BCUT2D eigenvalue weighted by Gasteiger charge is -2.25. The largest absolute Gasteiger partial charge is 0.481 e. The Morgan fingerprint density at radius 3 is 3.30 bits per heavy atom. The van der Waals surface area contributed by atoms with Crippen molar-refractivity contribution in [3.63, 3.8) is 0 Å². The van der Waals surface area contributed by atoms with E-state index in [0.717, 1.165) is 23.7 Å². The molecule has 1 atom stereocenters. The first-order valence-corrected chi connectivity index (χ1v) is 8.48. The number of hydrogen-bond donors (Lipinski definition) is 1. The lowest BCUT2D eigenvalue weighted by Crippen LogP contribution is -2.16. The number of aromatic nitrogens is 2. The van der Waals surface area contributed by atoms with Gasteiger partial charge in [-0.2, -0.15) is 0 Å². The Kier molecular flexibility index (Phi) is 3.85. The fourth-order valence-electron chi connectivity index (χ4n) is 2.70. The van der Waals surface area contributed by atoms with Crippen molar-refractivity contribution < 1.29 is 9.90 Å². The van der Waals surface area contributed by atoms with Gasteiger partial charge in [0.2, 0.25) is 0 Å². The Hall–Kier alpha value is -1.27. The van der Waals surface area contributed by atoms with Crippen LogP contribution in [-0.2, 0) is 11.2 Å². The molecule has 6 heteroatoms. The zero-order valence-corrected chi connectivity index (χ0v) is 12.8. The summed E-state index contributed by atoms with van der Waals surface area (Å²) in [5, 5.41) is 11.8. The minimum Gasteiger partial charge on any atom is -0.481 e. The van der Waals surface area contributed by atoms with E-state index in [9.17, 15) is 4.79 Å². The second-order valence-electron chi connectivity index (χ2n) is 4.96. The van der Waals surface area contributed by atoms with Gasteiger partial charge in [-0.05, 0) is 43.2 Å². The maximum absolute atomic E-state index is 10.8. The standard InChI is InChI=1S/C14H16N2O2S2/c1-9-7-16(14(15-9)20-8-13(17)18)11-3-2-4-12-10(11)5-6-19-12/h5-7,11H,2-4,8H2,1H3,(H,17,18). The molecule has 0 spiro atoms. The van der Waals surface area contributed by atoms with Crippen LogP contribution < -0.4 is 0 Å². The fourth-order valence-corrected chi connectivity index (χ4v) is 4.47. The molecule has 20 heavy (non-hydrogen) atoms. The minimum absolute atomic E-state index is 0.0552. The van der Waals surface area contributed by atoms with Gasteiger partial charge in [0.25, 0.3) is 0 Å². The first-order chi connectivity index (χ1) is 9.65. The highest BCUT2D eigenvalue weighted by atomic mass is 32.2. The van der Waals surface area contributed by atoms with Gasteiger partial charge in [-0.1, -0.05) is 11.8 Å². The number of nitrogens with zero attached hydrogens (tertiary/aromatic N) is 2. The highest BCUT2D eigenvalue weighted by molar-refractivity contribution is 7.99. The number of imidazole rings is 1. The monoisotopic (exact) mass is 308 g/mol. The molecule has 1 aliphatic rings. The Balaban J connectivity index is 1.93. The van der Waals surface area contributed by atoms with Crippen LogP contribution in [0.4, 0.5) is 0 Å². The van der Waals surface area contributed by atoms with Gasteiger partial charge in [-0.15, -0.1) is 11.3 Å². The van der Waals surface area contributed by atoms with Crippen LogP contribution in [0.3, 0.4) is 0 Å². The minimum atomic E-state index is -0.804. The average molecular weight is 308 g/mol. The smallest absolute Gasteiger partial charge is 0.313 e.